The third-order valence-electron chi connectivity index (χ3n) is 17.7. The van der Waals surface area contributed by atoms with E-state index in [2.05, 4.69) is 81.4 Å². The molecule has 0 unspecified atom stereocenters. The summed E-state index contributed by atoms with van der Waals surface area (Å²) in [5.74, 6) is -12.9. The molecular formula is C70H104N18O15S. The van der Waals surface area contributed by atoms with Gasteiger partial charge in [0.2, 0.25) is 65.0 Å². The number of phenols is 1. The van der Waals surface area contributed by atoms with Crippen LogP contribution in [0.5, 0.6) is 5.75 Å². The minimum atomic E-state index is -1.62. The smallest absolute Gasteiger partial charge is 0.305 e. The van der Waals surface area contributed by atoms with Crippen LogP contribution in [0.1, 0.15) is 114 Å². The van der Waals surface area contributed by atoms with Gasteiger partial charge in [0.25, 0.3) is 0 Å². The minimum absolute atomic E-state index is 0.0231. The Hall–Kier alpha value is -9.90. The van der Waals surface area contributed by atoms with Crippen molar-refractivity contribution < 1.29 is 72.9 Å². The fourth-order valence-electron chi connectivity index (χ4n) is 11.8. The Labute approximate surface area is 609 Å². The van der Waals surface area contributed by atoms with Crippen LogP contribution >= 0.6 is 12.6 Å². The number of unbranched alkanes of at least 4 members (excludes halogenated alkanes) is 2. The van der Waals surface area contributed by atoms with E-state index in [0.29, 0.717) is 80.2 Å². The number of para-hydroxylation sites is 1. The number of nitrogens with two attached hydrogens (primary N) is 4. The number of fused-ring (bicyclic) bond motifs is 1. The molecule has 11 atom stereocenters. The number of benzene rings is 3. The lowest BCUT2D eigenvalue weighted by atomic mass is 9.83. The number of thiol groups is 1. The van der Waals surface area contributed by atoms with Crippen LogP contribution in [-0.4, -0.2) is 203 Å². The van der Waals surface area contributed by atoms with Crippen LogP contribution in [0, 0.1) is 17.2 Å². The zero-order chi connectivity index (χ0) is 76.3. The van der Waals surface area contributed by atoms with Gasteiger partial charge in [-0.1, -0.05) is 93.3 Å². The van der Waals surface area contributed by atoms with Crippen LogP contribution in [0.3, 0.4) is 0 Å². The second-order valence-electron chi connectivity index (χ2n) is 25.9. The van der Waals surface area contributed by atoms with E-state index in [4.69, 9.17) is 28.3 Å². The molecule has 1 saturated carbocycles. The van der Waals surface area contributed by atoms with Crippen molar-refractivity contribution in [3.8, 4) is 5.75 Å². The predicted molar refractivity (Wildman–Crippen MR) is 390 cm³/mol. The third-order valence-corrected chi connectivity index (χ3v) is 18.1. The maximum Gasteiger partial charge on any atom is 0.305 e. The van der Waals surface area contributed by atoms with Gasteiger partial charge in [-0.25, -0.2) is 0 Å². The molecule has 25 N–H and O–H groups in total. The second-order valence-corrected chi connectivity index (χ2v) is 26.3. The molecule has 33 nitrogen and oxygen atoms in total. The van der Waals surface area contributed by atoms with Crippen molar-refractivity contribution in [1.82, 2.24) is 68.8 Å². The number of H-pyrrole nitrogens is 1. The van der Waals surface area contributed by atoms with E-state index in [1.54, 1.807) is 54.6 Å². The highest BCUT2D eigenvalue weighted by atomic mass is 32.1. The lowest BCUT2D eigenvalue weighted by Crippen LogP contribution is -2.62. The molecule has 5 rings (SSSR count). The molecule has 570 valence electrons. The van der Waals surface area contributed by atoms with Gasteiger partial charge in [0.05, 0.1) is 25.0 Å². The lowest BCUT2D eigenvalue weighted by Gasteiger charge is -2.32. The Balaban J connectivity index is 1.42. The number of aromatic amines is 1. The van der Waals surface area contributed by atoms with Crippen LogP contribution in [0.4, 0.5) is 0 Å². The van der Waals surface area contributed by atoms with E-state index in [9.17, 15) is 72.9 Å². The molecule has 0 bridgehead atoms. The Morgan fingerprint density at radius 3 is 1.60 bits per heavy atom. The van der Waals surface area contributed by atoms with Crippen molar-refractivity contribution in [3.05, 3.63) is 102 Å². The van der Waals surface area contributed by atoms with E-state index in [1.807, 2.05) is 6.07 Å². The fraction of sp³-hybridized carbons (Fsp3) is 0.529. The van der Waals surface area contributed by atoms with E-state index < -0.39 is 162 Å². The summed E-state index contributed by atoms with van der Waals surface area (Å²) in [6.45, 7) is 1.03. The van der Waals surface area contributed by atoms with Gasteiger partial charge in [-0.05, 0) is 118 Å². The first-order chi connectivity index (χ1) is 49.8. The minimum Gasteiger partial charge on any atom is -0.508 e. The quantitative estimate of drug-likeness (QED) is 0.00948. The summed E-state index contributed by atoms with van der Waals surface area (Å²) in [5, 5.41) is 70.2. The molecule has 3 aromatic carbocycles. The number of aromatic nitrogens is 1. The number of carboxylic acids is 1. The normalized spacial score (nSPS) is 15.3. The maximum absolute atomic E-state index is 15.0. The molecule has 1 aliphatic rings. The van der Waals surface area contributed by atoms with E-state index in [0.717, 1.165) is 11.8 Å². The third kappa shape index (κ3) is 28.7. The number of carbonyl (C=O) groups is 12. The highest BCUT2D eigenvalue weighted by Gasteiger charge is 2.39. The zero-order valence-electron chi connectivity index (χ0n) is 58.8. The Kier molecular flexibility index (Phi) is 36.3. The average Bonchev–Trinajstić information content (AvgIpc) is 1.54. The molecular weight excluding hydrogens is 1360 g/mol. The molecule has 0 radical (unpaired) electrons. The molecule has 1 aromatic heterocycles. The number of guanidine groups is 1. The number of carboxylic acid groups (broad SMARTS) is 1. The summed E-state index contributed by atoms with van der Waals surface area (Å²) < 4.78 is 0. The number of rotatable bonds is 45. The lowest BCUT2D eigenvalue weighted by molar-refractivity contribution is -0.141. The molecule has 0 aliphatic heterocycles. The monoisotopic (exact) mass is 1470 g/mol. The van der Waals surface area contributed by atoms with Gasteiger partial charge in [0, 0.05) is 56.4 Å². The van der Waals surface area contributed by atoms with Gasteiger partial charge in [0.15, 0.2) is 5.96 Å². The summed E-state index contributed by atoms with van der Waals surface area (Å²) in [7, 11) is 1.28. The predicted octanol–water partition coefficient (Wildman–Crippen LogP) is -2.41. The van der Waals surface area contributed by atoms with Crippen LogP contribution in [0.25, 0.3) is 10.9 Å². The van der Waals surface area contributed by atoms with Gasteiger partial charge >= 0.3 is 5.97 Å². The van der Waals surface area contributed by atoms with E-state index in [1.165, 1.54) is 38.2 Å². The van der Waals surface area contributed by atoms with Gasteiger partial charge in [-0.15, -0.1) is 0 Å². The van der Waals surface area contributed by atoms with Gasteiger partial charge in [0.1, 0.15) is 60.1 Å². The van der Waals surface area contributed by atoms with Crippen LogP contribution in [-0.2, 0) is 76.8 Å². The molecule has 34 heteroatoms. The number of carbonyl (C=O) groups excluding carboxylic acids is 11. The van der Waals surface area contributed by atoms with Crippen LogP contribution in [0.15, 0.2) is 84.9 Å². The highest BCUT2D eigenvalue weighted by Crippen LogP contribution is 2.27. The number of phenolic OH excluding ortho intramolecular Hbond substituents is 1. The summed E-state index contributed by atoms with van der Waals surface area (Å²) in [6, 6.07) is 8.93. The molecule has 1 aliphatic carbocycles. The van der Waals surface area contributed by atoms with Crippen LogP contribution in [0.2, 0.25) is 0 Å². The Morgan fingerprint density at radius 2 is 1.04 bits per heavy atom. The number of aliphatic hydroxyl groups excluding tert-OH is 1. The molecule has 0 spiro atoms. The first-order valence-corrected chi connectivity index (χ1v) is 35.7. The summed E-state index contributed by atoms with van der Waals surface area (Å²) in [4.78, 5) is 171. The number of amides is 11. The Morgan fingerprint density at radius 1 is 0.548 bits per heavy atom. The second kappa shape index (κ2) is 44.6. The van der Waals surface area contributed by atoms with Crippen molar-refractivity contribution in [1.29, 1.82) is 5.41 Å². The Bertz CT molecular complexity index is 3480. The van der Waals surface area contributed by atoms with E-state index in [-0.39, 0.29) is 76.1 Å². The molecule has 104 heavy (non-hydrogen) atoms. The van der Waals surface area contributed by atoms with Crippen LogP contribution < -0.4 is 86.7 Å². The van der Waals surface area contributed by atoms with Gasteiger partial charge < -0.3 is 107 Å². The van der Waals surface area contributed by atoms with Crippen molar-refractivity contribution in [2.75, 3.05) is 45.6 Å². The topological polar surface area (TPSA) is 554 Å². The van der Waals surface area contributed by atoms with Crippen molar-refractivity contribution in [2.24, 2.45) is 34.8 Å². The van der Waals surface area contributed by atoms with Gasteiger partial charge in [-0.3, -0.25) is 62.9 Å². The van der Waals surface area contributed by atoms with Crippen molar-refractivity contribution in [2.45, 2.75) is 176 Å². The average molecular weight is 1470 g/mol. The highest BCUT2D eigenvalue weighted by molar-refractivity contribution is 7.80. The number of hydrogen-bond acceptors (Lipinski definition) is 19. The van der Waals surface area contributed by atoms with E-state index >= 15 is 0 Å². The standard InChI is InChI=1S/C70H104N18O15S/c1-40(37-78-60(94)47(73)21-11-13-29-71)59(93)86-55(38-89)67(101)84-53(35-45-34-44-20-9-10-22-48(44)79-45)65(99)80-49(23-12-14-30-72)62(96)82-51(33-42-25-27-46(90)28-26-42)64(98)81-50(24-15-31-77-70(74)75)63(97)87-56(39-104)68(102)83-52(32-41-16-5-3-6-17-41)66(100)88-58(43-18-7-4-8-19-43)69(103)85-54(36-57(91)92)61(95)76-2/h3,5-6,9-10,16-17,20,22,25-28,34,40,43,47,49-56,58,79,89-90,104H,4,7-8,11-15,18-19,21,23-24,29-33,35-39,71-73H2,1-2H3,(H,76,95)(H,78,94)(H,80,99)(H,81,98)(H,82,96)(H,83,102)(H,84,101)(H,85,103)(H,86,93)(H,87,97)(H,88,100)(H,91,92)(H4,74,75,77)/t40-,47+,49+,50-,51+,52+,53+,54+,55+,56-,58+/m1/s1. The number of aliphatic hydroxyl groups is 1. The number of aromatic hydroxyl groups is 1. The van der Waals surface area contributed by atoms with Gasteiger partial charge in [-0.2, -0.15) is 12.6 Å². The summed E-state index contributed by atoms with van der Waals surface area (Å²) >= 11 is 4.40. The summed E-state index contributed by atoms with van der Waals surface area (Å²) in [6.07, 6.45) is 3.99. The fourth-order valence-corrected chi connectivity index (χ4v) is 12.0. The first kappa shape index (κ1) is 84.8. The molecule has 4 aromatic rings. The first-order valence-electron chi connectivity index (χ1n) is 35.1. The molecule has 1 heterocycles. The summed E-state index contributed by atoms with van der Waals surface area (Å²) in [5.41, 5.74) is 25.2. The number of hydrogen-bond donors (Lipinski definition) is 22. The molecule has 11 amide bonds. The number of likely N-dealkylation sites (N-methyl/N-ethyl adjacent to an activating group) is 1. The zero-order valence-corrected chi connectivity index (χ0v) is 59.7. The molecule has 1 fully saturated rings. The molecule has 0 saturated heterocycles. The SMILES string of the molecule is CNC(=O)[C@H](CC(=O)O)NC(=O)[C@@H](NC(=O)[C@H](Cc1ccccc1)NC(=O)[C@@H](CS)NC(=O)[C@@H](CCCNC(=N)N)NC(=O)[C@H](Cc1ccc(O)cc1)NC(=O)[C@H](CCCCN)NC(=O)[C@H](Cc1cc2ccccc2[nH]1)NC(=O)[C@H](CO)NC(=O)[C@H](C)CNC(=O)[C@@H](N)CCCCN)C1CCCCC1. The number of nitrogens with one attached hydrogen (secondary N) is 14. The largest absolute Gasteiger partial charge is 0.508 e. The number of aliphatic carboxylic acids is 1. The van der Waals surface area contributed by atoms with Crippen molar-refractivity contribution in [3.63, 3.8) is 0 Å². The maximum atomic E-state index is 15.0. The van der Waals surface area contributed by atoms with Crippen molar-refractivity contribution >= 4 is 100 Å².